The maximum Gasteiger partial charge on any atom is 0.271 e. The summed E-state index contributed by atoms with van der Waals surface area (Å²) in [5, 5.41) is 0. The zero-order valence-electron chi connectivity index (χ0n) is 10.7. The highest BCUT2D eigenvalue weighted by molar-refractivity contribution is 5.50. The number of H-pyrrole nitrogens is 1. The Morgan fingerprint density at radius 1 is 0.842 bits per heavy atom. The minimum Gasteiger partial charge on any atom is -0.368 e. The Morgan fingerprint density at radius 2 is 1.53 bits per heavy atom. The topological polar surface area (TPSA) is 39.3 Å². The first kappa shape index (κ1) is 11.8. The lowest BCUT2D eigenvalue weighted by Gasteiger charge is -2.36. The molecule has 4 nitrogen and oxygen atoms in total. The Hall–Kier alpha value is -2.23. The molecule has 4 heteroatoms. The minimum absolute atomic E-state index is 0.00402. The highest BCUT2D eigenvalue weighted by Gasteiger charge is 2.18. The van der Waals surface area contributed by atoms with E-state index in [1.807, 2.05) is 18.2 Å². The van der Waals surface area contributed by atoms with E-state index in [1.165, 1.54) is 5.69 Å². The molecule has 1 fully saturated rings. The van der Waals surface area contributed by atoms with E-state index in [0.29, 0.717) is 0 Å². The normalized spacial score (nSPS) is 15.6. The summed E-state index contributed by atoms with van der Waals surface area (Å²) in [4.78, 5) is 19.0. The van der Waals surface area contributed by atoms with E-state index in [9.17, 15) is 4.79 Å². The molecule has 1 aliphatic rings. The minimum atomic E-state index is -0.00402. The Kier molecular flexibility index (Phi) is 3.23. The second-order valence-electron chi connectivity index (χ2n) is 4.69. The molecule has 2 aromatic rings. The Balaban J connectivity index is 1.70. The number of nitrogens with one attached hydrogen (secondary N) is 1. The zero-order chi connectivity index (χ0) is 13.1. The number of para-hydroxylation sites is 1. The fourth-order valence-electron chi connectivity index (χ4n) is 2.51. The van der Waals surface area contributed by atoms with Crippen molar-refractivity contribution in [2.45, 2.75) is 0 Å². The van der Waals surface area contributed by atoms with Gasteiger partial charge in [-0.05, 0) is 24.3 Å². The van der Waals surface area contributed by atoms with Crippen molar-refractivity contribution in [1.82, 2.24) is 4.98 Å². The number of benzene rings is 1. The summed E-state index contributed by atoms with van der Waals surface area (Å²) in [6.45, 7) is 3.64. The quantitative estimate of drug-likeness (QED) is 0.888. The van der Waals surface area contributed by atoms with Gasteiger partial charge in [0.25, 0.3) is 5.56 Å². The molecule has 2 heterocycles. The maximum absolute atomic E-state index is 11.8. The van der Waals surface area contributed by atoms with Crippen molar-refractivity contribution in [2.24, 2.45) is 0 Å². The number of aromatic amines is 1. The molecule has 3 rings (SSSR count). The van der Waals surface area contributed by atoms with Gasteiger partial charge in [0.05, 0.1) is 0 Å². The number of rotatable bonds is 2. The van der Waals surface area contributed by atoms with Gasteiger partial charge in [0.2, 0.25) is 0 Å². The van der Waals surface area contributed by atoms with E-state index >= 15 is 0 Å². The number of hydrogen-bond donors (Lipinski definition) is 1. The number of pyridine rings is 1. The van der Waals surface area contributed by atoms with Crippen LogP contribution in [0.3, 0.4) is 0 Å². The summed E-state index contributed by atoms with van der Waals surface area (Å²) in [5.74, 6) is 0. The first-order valence-electron chi connectivity index (χ1n) is 6.57. The molecule has 98 valence electrons. The van der Waals surface area contributed by atoms with E-state index in [2.05, 4.69) is 39.0 Å². The second-order valence-corrected chi connectivity index (χ2v) is 4.69. The van der Waals surface area contributed by atoms with Gasteiger partial charge in [0, 0.05) is 38.1 Å². The van der Waals surface area contributed by atoms with Crippen molar-refractivity contribution in [2.75, 3.05) is 36.0 Å². The van der Waals surface area contributed by atoms with Crippen molar-refractivity contribution in [3.63, 3.8) is 0 Å². The third kappa shape index (κ3) is 2.47. The lowest BCUT2D eigenvalue weighted by atomic mass is 10.2. The lowest BCUT2D eigenvalue weighted by Crippen LogP contribution is -2.47. The Morgan fingerprint density at radius 3 is 2.21 bits per heavy atom. The monoisotopic (exact) mass is 255 g/mol. The third-order valence-electron chi connectivity index (χ3n) is 3.54. The number of anilines is 2. The van der Waals surface area contributed by atoms with Crippen LogP contribution in [-0.4, -0.2) is 31.2 Å². The van der Waals surface area contributed by atoms with E-state index in [-0.39, 0.29) is 5.56 Å². The molecule has 0 bridgehead atoms. The second kappa shape index (κ2) is 5.18. The molecule has 1 saturated heterocycles. The molecule has 0 spiro atoms. The number of aromatic nitrogens is 1. The summed E-state index contributed by atoms with van der Waals surface area (Å²) >= 11 is 0. The van der Waals surface area contributed by atoms with Crippen molar-refractivity contribution in [1.29, 1.82) is 0 Å². The van der Waals surface area contributed by atoms with Crippen LogP contribution in [-0.2, 0) is 0 Å². The van der Waals surface area contributed by atoms with E-state index in [0.717, 1.165) is 31.9 Å². The van der Waals surface area contributed by atoms with Crippen LogP contribution in [0.25, 0.3) is 0 Å². The van der Waals surface area contributed by atoms with Crippen LogP contribution in [0, 0.1) is 0 Å². The highest BCUT2D eigenvalue weighted by atomic mass is 16.1. The summed E-state index contributed by atoms with van der Waals surface area (Å²) in [5.41, 5.74) is 2.02. The van der Waals surface area contributed by atoms with Crippen molar-refractivity contribution in [3.05, 3.63) is 59.0 Å². The van der Waals surface area contributed by atoms with Gasteiger partial charge in [0.15, 0.2) is 0 Å². The Labute approximate surface area is 112 Å². The fourth-order valence-corrected chi connectivity index (χ4v) is 2.51. The van der Waals surface area contributed by atoms with E-state index < -0.39 is 0 Å². The van der Waals surface area contributed by atoms with Gasteiger partial charge < -0.3 is 14.8 Å². The van der Waals surface area contributed by atoms with Gasteiger partial charge in [-0.15, -0.1) is 0 Å². The molecule has 19 heavy (non-hydrogen) atoms. The predicted molar refractivity (Wildman–Crippen MR) is 77.9 cm³/mol. The smallest absolute Gasteiger partial charge is 0.271 e. The molecular formula is C15H17N3O. The van der Waals surface area contributed by atoms with Crippen LogP contribution in [0.15, 0.2) is 53.5 Å². The summed E-state index contributed by atoms with van der Waals surface area (Å²) < 4.78 is 0. The average Bonchev–Trinajstić information content (AvgIpc) is 2.49. The predicted octanol–water partition coefficient (Wildman–Crippen LogP) is 1.70. The standard InChI is InChI=1S/C15H17N3O/c19-15-14(7-4-8-16-15)18-11-9-17(10-12-18)13-5-2-1-3-6-13/h1-8H,9-12H2,(H,16,19). The molecule has 0 unspecified atom stereocenters. The molecule has 0 amide bonds. The van der Waals surface area contributed by atoms with E-state index in [1.54, 1.807) is 6.20 Å². The zero-order valence-corrected chi connectivity index (χ0v) is 10.7. The SMILES string of the molecule is O=c1[nH]cccc1N1CCN(c2ccccc2)CC1. The van der Waals surface area contributed by atoms with E-state index in [4.69, 9.17) is 0 Å². The van der Waals surface area contributed by atoms with Crippen LogP contribution in [0.5, 0.6) is 0 Å². The maximum atomic E-state index is 11.8. The summed E-state index contributed by atoms with van der Waals surface area (Å²) in [6.07, 6.45) is 1.67. The molecule has 0 radical (unpaired) electrons. The van der Waals surface area contributed by atoms with Gasteiger partial charge in [0.1, 0.15) is 5.69 Å². The molecule has 1 N–H and O–H groups in total. The lowest BCUT2D eigenvalue weighted by molar-refractivity contribution is 0.651. The van der Waals surface area contributed by atoms with Crippen molar-refractivity contribution >= 4 is 11.4 Å². The highest BCUT2D eigenvalue weighted by Crippen LogP contribution is 2.17. The molecule has 1 aromatic carbocycles. The van der Waals surface area contributed by atoms with Crippen LogP contribution in [0.4, 0.5) is 11.4 Å². The molecule has 1 aliphatic heterocycles. The molecule has 0 aliphatic carbocycles. The van der Waals surface area contributed by atoms with Gasteiger partial charge in [-0.3, -0.25) is 4.79 Å². The van der Waals surface area contributed by atoms with Crippen LogP contribution >= 0.6 is 0 Å². The Bertz CT molecular complexity index is 586. The molecule has 0 atom stereocenters. The summed E-state index contributed by atoms with van der Waals surface area (Å²) in [7, 11) is 0. The van der Waals surface area contributed by atoms with Crippen LogP contribution in [0.1, 0.15) is 0 Å². The first-order chi connectivity index (χ1) is 9.34. The van der Waals surface area contributed by atoms with Crippen LogP contribution in [0.2, 0.25) is 0 Å². The van der Waals surface area contributed by atoms with Gasteiger partial charge in [-0.1, -0.05) is 18.2 Å². The van der Waals surface area contributed by atoms with Gasteiger partial charge in [-0.25, -0.2) is 0 Å². The van der Waals surface area contributed by atoms with Crippen molar-refractivity contribution in [3.8, 4) is 0 Å². The number of piperazine rings is 1. The molecule has 0 saturated carbocycles. The molecular weight excluding hydrogens is 238 g/mol. The first-order valence-corrected chi connectivity index (χ1v) is 6.57. The summed E-state index contributed by atoms with van der Waals surface area (Å²) in [6, 6.07) is 14.2. The average molecular weight is 255 g/mol. The number of hydrogen-bond acceptors (Lipinski definition) is 3. The molecule has 1 aromatic heterocycles. The van der Waals surface area contributed by atoms with Crippen molar-refractivity contribution < 1.29 is 0 Å². The van der Waals surface area contributed by atoms with Gasteiger partial charge in [-0.2, -0.15) is 0 Å². The van der Waals surface area contributed by atoms with Crippen LogP contribution < -0.4 is 15.4 Å². The largest absolute Gasteiger partial charge is 0.368 e. The third-order valence-corrected chi connectivity index (χ3v) is 3.54. The van der Waals surface area contributed by atoms with Gasteiger partial charge >= 0.3 is 0 Å². The fraction of sp³-hybridized carbons (Fsp3) is 0.267. The number of nitrogens with zero attached hydrogens (tertiary/aromatic N) is 2.